The molecule has 8 heteroatoms. The van der Waals surface area contributed by atoms with E-state index in [-0.39, 0.29) is 0 Å². The molecule has 0 aliphatic heterocycles. The molecule has 0 saturated heterocycles. The number of fused-ring (bicyclic) bond motifs is 1. The Morgan fingerprint density at radius 1 is 1.06 bits per heavy atom. The molecule has 0 radical (unpaired) electrons. The highest BCUT2D eigenvalue weighted by Gasteiger charge is 2.16. The first-order valence-electron chi connectivity index (χ1n) is 11.5. The van der Waals surface area contributed by atoms with E-state index in [1.165, 1.54) is 6.92 Å². The lowest BCUT2D eigenvalue weighted by atomic mass is 10.1. The Hall–Kier alpha value is -3.71. The molecule has 1 aromatic heterocycles. The van der Waals surface area contributed by atoms with Crippen molar-refractivity contribution in [2.75, 3.05) is 24.6 Å². The molecule has 0 bridgehead atoms. The van der Waals surface area contributed by atoms with Crippen molar-refractivity contribution in [2.24, 2.45) is 0 Å². The van der Waals surface area contributed by atoms with Crippen LogP contribution in [0, 0.1) is 0 Å². The summed E-state index contributed by atoms with van der Waals surface area (Å²) in [6, 6.07) is 23.1. The summed E-state index contributed by atoms with van der Waals surface area (Å²) in [4.78, 5) is 17.8. The Morgan fingerprint density at radius 3 is 2.66 bits per heavy atom. The SMILES string of the molecule is CC(Oc1cccc(CCN(CCCOc2ccccc2)c2nc3cc(Cl)ccc3o2)c1)C(=O)O. The zero-order valence-corrected chi connectivity index (χ0v) is 20.1. The highest BCUT2D eigenvalue weighted by Crippen LogP contribution is 2.25. The predicted molar refractivity (Wildman–Crippen MR) is 136 cm³/mol. The highest BCUT2D eigenvalue weighted by molar-refractivity contribution is 6.31. The van der Waals surface area contributed by atoms with Gasteiger partial charge in [0.25, 0.3) is 6.01 Å². The van der Waals surface area contributed by atoms with Gasteiger partial charge in [-0.15, -0.1) is 0 Å². The minimum Gasteiger partial charge on any atom is -0.494 e. The number of halogens is 1. The van der Waals surface area contributed by atoms with E-state index < -0.39 is 12.1 Å². The summed E-state index contributed by atoms with van der Waals surface area (Å²) in [6.45, 7) is 3.39. The van der Waals surface area contributed by atoms with Gasteiger partial charge in [-0.3, -0.25) is 0 Å². The van der Waals surface area contributed by atoms with Crippen molar-refractivity contribution in [3.05, 3.63) is 83.4 Å². The second kappa shape index (κ2) is 11.6. The molecule has 182 valence electrons. The number of carbonyl (C=O) groups is 1. The van der Waals surface area contributed by atoms with Gasteiger partial charge in [-0.25, -0.2) is 4.79 Å². The molecule has 4 aromatic rings. The first-order valence-corrected chi connectivity index (χ1v) is 11.8. The van der Waals surface area contributed by atoms with Crippen LogP contribution in [0.4, 0.5) is 6.01 Å². The topological polar surface area (TPSA) is 85.0 Å². The largest absolute Gasteiger partial charge is 0.494 e. The van der Waals surface area contributed by atoms with E-state index in [9.17, 15) is 4.79 Å². The van der Waals surface area contributed by atoms with Crippen molar-refractivity contribution in [1.29, 1.82) is 0 Å². The third-order valence-corrected chi connectivity index (χ3v) is 5.66. The molecule has 0 spiro atoms. The minimum absolute atomic E-state index is 0.522. The van der Waals surface area contributed by atoms with Crippen LogP contribution in [-0.4, -0.2) is 41.9 Å². The number of hydrogen-bond donors (Lipinski definition) is 1. The Labute approximate surface area is 208 Å². The number of rotatable bonds is 12. The average molecular weight is 495 g/mol. The Bertz CT molecular complexity index is 1260. The summed E-state index contributed by atoms with van der Waals surface area (Å²) in [7, 11) is 0. The van der Waals surface area contributed by atoms with Gasteiger partial charge < -0.3 is 23.9 Å². The van der Waals surface area contributed by atoms with Crippen LogP contribution in [0.25, 0.3) is 11.1 Å². The number of carboxylic acids is 1. The quantitative estimate of drug-likeness (QED) is 0.247. The monoisotopic (exact) mass is 494 g/mol. The van der Waals surface area contributed by atoms with Crippen LogP contribution in [0.15, 0.2) is 77.2 Å². The molecule has 0 saturated carbocycles. The number of anilines is 1. The van der Waals surface area contributed by atoms with Crippen LogP contribution in [0.3, 0.4) is 0 Å². The third kappa shape index (κ3) is 6.90. The van der Waals surface area contributed by atoms with Crippen LogP contribution in [-0.2, 0) is 11.2 Å². The van der Waals surface area contributed by atoms with Crippen molar-refractivity contribution in [3.63, 3.8) is 0 Å². The maximum Gasteiger partial charge on any atom is 0.344 e. The number of carboxylic acid groups (broad SMARTS) is 1. The van der Waals surface area contributed by atoms with E-state index in [2.05, 4.69) is 9.88 Å². The molecular weight excluding hydrogens is 468 g/mol. The Kier molecular flexibility index (Phi) is 8.11. The molecule has 4 rings (SSSR count). The Morgan fingerprint density at radius 2 is 1.86 bits per heavy atom. The summed E-state index contributed by atoms with van der Waals surface area (Å²) >= 11 is 6.12. The number of nitrogens with zero attached hydrogens (tertiary/aromatic N) is 2. The number of para-hydroxylation sites is 1. The van der Waals surface area contributed by atoms with Crippen molar-refractivity contribution >= 4 is 34.7 Å². The fourth-order valence-corrected chi connectivity index (χ4v) is 3.75. The Balaban J connectivity index is 1.44. The molecule has 1 unspecified atom stereocenters. The van der Waals surface area contributed by atoms with Crippen molar-refractivity contribution in [3.8, 4) is 11.5 Å². The first kappa shape index (κ1) is 24.4. The molecule has 1 atom stereocenters. The molecule has 0 aliphatic rings. The number of aliphatic carboxylic acids is 1. The molecule has 1 N–H and O–H groups in total. The summed E-state index contributed by atoms with van der Waals surface area (Å²) in [5.74, 6) is 0.357. The van der Waals surface area contributed by atoms with E-state index in [0.29, 0.717) is 54.0 Å². The van der Waals surface area contributed by atoms with Gasteiger partial charge >= 0.3 is 5.97 Å². The van der Waals surface area contributed by atoms with Crippen molar-refractivity contribution in [2.45, 2.75) is 25.9 Å². The summed E-state index contributed by atoms with van der Waals surface area (Å²) in [6.07, 6.45) is 0.545. The lowest BCUT2D eigenvalue weighted by Gasteiger charge is -2.21. The number of aromatic nitrogens is 1. The van der Waals surface area contributed by atoms with E-state index in [4.69, 9.17) is 30.6 Å². The van der Waals surface area contributed by atoms with Gasteiger partial charge in [-0.2, -0.15) is 4.98 Å². The lowest BCUT2D eigenvalue weighted by Crippen LogP contribution is -2.28. The van der Waals surface area contributed by atoms with Gasteiger partial charge in [0.05, 0.1) is 6.61 Å². The number of ether oxygens (including phenoxy) is 2. The van der Waals surface area contributed by atoms with E-state index in [1.54, 1.807) is 18.2 Å². The molecule has 3 aromatic carbocycles. The summed E-state index contributed by atoms with van der Waals surface area (Å²) in [5.41, 5.74) is 2.40. The van der Waals surface area contributed by atoms with Gasteiger partial charge in [0.15, 0.2) is 11.7 Å². The second-order valence-electron chi connectivity index (χ2n) is 8.11. The number of hydrogen-bond acceptors (Lipinski definition) is 6. The highest BCUT2D eigenvalue weighted by atomic mass is 35.5. The van der Waals surface area contributed by atoms with Crippen LogP contribution in [0.1, 0.15) is 18.9 Å². The van der Waals surface area contributed by atoms with Crippen molar-refractivity contribution < 1.29 is 23.8 Å². The second-order valence-corrected chi connectivity index (χ2v) is 8.54. The first-order chi connectivity index (χ1) is 17.0. The minimum atomic E-state index is -1.00. The maximum absolute atomic E-state index is 11.1. The summed E-state index contributed by atoms with van der Waals surface area (Å²) < 4.78 is 17.4. The van der Waals surface area contributed by atoms with Gasteiger partial charge in [0.2, 0.25) is 0 Å². The molecule has 35 heavy (non-hydrogen) atoms. The van der Waals surface area contributed by atoms with E-state index in [1.807, 2.05) is 54.6 Å². The maximum atomic E-state index is 11.1. The van der Waals surface area contributed by atoms with Gasteiger partial charge in [0, 0.05) is 18.1 Å². The molecule has 0 amide bonds. The van der Waals surface area contributed by atoms with Gasteiger partial charge in [-0.1, -0.05) is 41.9 Å². The van der Waals surface area contributed by atoms with Crippen molar-refractivity contribution in [1.82, 2.24) is 4.98 Å². The summed E-state index contributed by atoms with van der Waals surface area (Å²) in [5, 5.41) is 9.70. The van der Waals surface area contributed by atoms with E-state index >= 15 is 0 Å². The van der Waals surface area contributed by atoms with Crippen LogP contribution >= 0.6 is 11.6 Å². The fraction of sp³-hybridized carbons (Fsp3) is 0.259. The van der Waals surface area contributed by atoms with Gasteiger partial charge in [-0.05, 0) is 67.8 Å². The lowest BCUT2D eigenvalue weighted by molar-refractivity contribution is -0.144. The van der Waals surface area contributed by atoms with Gasteiger partial charge in [0.1, 0.15) is 17.0 Å². The average Bonchev–Trinajstić information content (AvgIpc) is 3.27. The zero-order valence-electron chi connectivity index (χ0n) is 19.4. The van der Waals surface area contributed by atoms with Crippen LogP contribution in [0.5, 0.6) is 11.5 Å². The smallest absolute Gasteiger partial charge is 0.344 e. The molecule has 7 nitrogen and oxygen atoms in total. The fourth-order valence-electron chi connectivity index (χ4n) is 3.58. The normalized spacial score (nSPS) is 11.8. The molecule has 1 heterocycles. The van der Waals surface area contributed by atoms with E-state index in [0.717, 1.165) is 17.7 Å². The predicted octanol–water partition coefficient (Wildman–Crippen LogP) is 5.85. The zero-order chi connectivity index (χ0) is 24.6. The van der Waals surface area contributed by atoms with Crippen LogP contribution < -0.4 is 14.4 Å². The third-order valence-electron chi connectivity index (χ3n) is 5.42. The molecule has 0 fully saturated rings. The van der Waals surface area contributed by atoms with Crippen LogP contribution in [0.2, 0.25) is 5.02 Å². The number of oxazole rings is 1. The number of benzene rings is 3. The molecule has 0 aliphatic carbocycles. The standard InChI is InChI=1S/C27H27ClN2O5/c1-19(26(31)32)34-23-10-5-7-20(17-23)13-15-30(14-6-16-33-22-8-3-2-4-9-22)27-29-24-18-21(28)11-12-25(24)35-27/h2-5,7-12,17-19H,6,13-16H2,1H3,(H,31,32). The molecular formula is C27H27ClN2O5.